The lowest BCUT2D eigenvalue weighted by atomic mass is 10.0. The molecule has 120 valence electrons. The zero-order valence-electron chi connectivity index (χ0n) is 12.6. The fourth-order valence-corrected chi connectivity index (χ4v) is 2.03. The largest absolute Gasteiger partial charge is 0.441 e. The van der Waals surface area contributed by atoms with E-state index in [4.69, 9.17) is 26.0 Å². The van der Waals surface area contributed by atoms with Crippen LogP contribution in [0.2, 0.25) is 0 Å². The minimum absolute atomic E-state index is 0.140. The molecule has 1 unspecified atom stereocenters. The zero-order valence-corrected chi connectivity index (χ0v) is 12.6. The number of hydrogen-bond acceptors (Lipinski definition) is 5. The lowest BCUT2D eigenvalue weighted by Crippen LogP contribution is -2.22. The van der Waals surface area contributed by atoms with E-state index in [-0.39, 0.29) is 23.8 Å². The molecule has 0 fully saturated rings. The van der Waals surface area contributed by atoms with Crippen molar-refractivity contribution in [3.05, 3.63) is 35.1 Å². The van der Waals surface area contributed by atoms with Crippen LogP contribution in [0.25, 0.3) is 0 Å². The predicted molar refractivity (Wildman–Crippen MR) is 80.6 cm³/mol. The minimum atomic E-state index is -1.07. The number of halogens is 1. The number of carbonyl (C=O) groups excluding carboxylic acids is 1. The summed E-state index contributed by atoms with van der Waals surface area (Å²) in [6, 6.07) is 4.55. The van der Waals surface area contributed by atoms with Crippen LogP contribution >= 0.6 is 0 Å². The van der Waals surface area contributed by atoms with E-state index in [0.717, 1.165) is 18.4 Å². The first-order valence-corrected chi connectivity index (χ1v) is 6.88. The van der Waals surface area contributed by atoms with E-state index in [1.807, 2.05) is 6.92 Å². The van der Waals surface area contributed by atoms with E-state index in [9.17, 15) is 9.18 Å². The SMILES string of the molecule is CCCc1ccc(F)c(C(CC(=N)OC(C)=N)OC(N)=O)c1. The van der Waals surface area contributed by atoms with Crippen LogP contribution in [0.15, 0.2) is 18.2 Å². The average Bonchev–Trinajstić information content (AvgIpc) is 2.39. The molecule has 0 saturated carbocycles. The van der Waals surface area contributed by atoms with Crippen molar-refractivity contribution >= 4 is 17.9 Å². The Morgan fingerprint density at radius 2 is 2.09 bits per heavy atom. The van der Waals surface area contributed by atoms with Gasteiger partial charge in [-0.1, -0.05) is 19.4 Å². The average molecular weight is 309 g/mol. The van der Waals surface area contributed by atoms with E-state index in [0.29, 0.717) is 0 Å². The van der Waals surface area contributed by atoms with Crippen molar-refractivity contribution < 1.29 is 18.7 Å². The van der Waals surface area contributed by atoms with Gasteiger partial charge in [-0.3, -0.25) is 10.8 Å². The molecule has 0 bridgehead atoms. The Morgan fingerprint density at radius 1 is 1.41 bits per heavy atom. The molecule has 0 saturated heterocycles. The highest BCUT2D eigenvalue weighted by Crippen LogP contribution is 2.26. The Bertz CT molecular complexity index is 575. The lowest BCUT2D eigenvalue weighted by Gasteiger charge is -2.18. The monoisotopic (exact) mass is 309 g/mol. The molecule has 22 heavy (non-hydrogen) atoms. The number of primary amides is 1. The smallest absolute Gasteiger partial charge is 0.405 e. The maximum absolute atomic E-state index is 14.0. The topological polar surface area (TPSA) is 109 Å². The number of benzene rings is 1. The standard InChI is InChI=1S/C15H20FN3O3/c1-3-4-10-5-6-12(16)11(7-10)13(22-15(19)20)8-14(18)21-9(2)17/h5-7,13,17-18H,3-4,8H2,1-2H3,(H2,19,20). The number of amides is 1. The predicted octanol–water partition coefficient (Wildman–Crippen LogP) is 3.30. The van der Waals surface area contributed by atoms with Gasteiger partial charge in [0.1, 0.15) is 11.9 Å². The van der Waals surface area contributed by atoms with E-state index in [1.165, 1.54) is 13.0 Å². The molecule has 0 aliphatic heterocycles. The summed E-state index contributed by atoms with van der Waals surface area (Å²) < 4.78 is 23.8. The first kappa shape index (κ1) is 17.6. The van der Waals surface area contributed by atoms with Crippen LogP contribution in [-0.2, 0) is 15.9 Å². The van der Waals surface area contributed by atoms with Crippen molar-refractivity contribution in [2.75, 3.05) is 0 Å². The maximum Gasteiger partial charge on any atom is 0.405 e. The quantitative estimate of drug-likeness (QED) is 0.554. The van der Waals surface area contributed by atoms with Crippen LogP contribution in [-0.4, -0.2) is 17.9 Å². The fourth-order valence-electron chi connectivity index (χ4n) is 2.03. The highest BCUT2D eigenvalue weighted by Gasteiger charge is 2.22. The summed E-state index contributed by atoms with van der Waals surface area (Å²) in [5.74, 6) is -1.03. The van der Waals surface area contributed by atoms with Gasteiger partial charge >= 0.3 is 6.09 Å². The molecule has 1 atom stereocenters. The van der Waals surface area contributed by atoms with E-state index >= 15 is 0 Å². The number of aryl methyl sites for hydroxylation is 1. The summed E-state index contributed by atoms with van der Waals surface area (Å²) >= 11 is 0. The van der Waals surface area contributed by atoms with Gasteiger partial charge in [0.25, 0.3) is 0 Å². The van der Waals surface area contributed by atoms with Crippen LogP contribution < -0.4 is 5.73 Å². The number of hydrogen-bond donors (Lipinski definition) is 3. The highest BCUT2D eigenvalue weighted by molar-refractivity contribution is 5.87. The molecule has 7 heteroatoms. The van der Waals surface area contributed by atoms with Gasteiger partial charge in [-0.2, -0.15) is 0 Å². The van der Waals surface area contributed by atoms with Crippen LogP contribution in [0.5, 0.6) is 0 Å². The van der Waals surface area contributed by atoms with Gasteiger partial charge in [-0.05, 0) is 24.1 Å². The zero-order chi connectivity index (χ0) is 16.7. The molecule has 0 aliphatic rings. The van der Waals surface area contributed by atoms with Crippen molar-refractivity contribution in [2.45, 2.75) is 39.2 Å². The van der Waals surface area contributed by atoms with Crippen molar-refractivity contribution in [3.8, 4) is 0 Å². The second kappa shape index (κ2) is 8.11. The molecular weight excluding hydrogens is 289 g/mol. The molecule has 4 N–H and O–H groups in total. The van der Waals surface area contributed by atoms with Crippen LogP contribution in [0, 0.1) is 16.6 Å². The van der Waals surface area contributed by atoms with Crippen molar-refractivity contribution in [2.24, 2.45) is 5.73 Å². The molecule has 0 aromatic heterocycles. The third-order valence-corrected chi connectivity index (χ3v) is 2.85. The molecule has 0 aliphatic carbocycles. The number of ether oxygens (including phenoxy) is 2. The molecular formula is C15H20FN3O3. The molecule has 0 heterocycles. The van der Waals surface area contributed by atoms with Crippen LogP contribution in [0.3, 0.4) is 0 Å². The highest BCUT2D eigenvalue weighted by atomic mass is 19.1. The Balaban J connectivity index is 3.04. The van der Waals surface area contributed by atoms with Gasteiger partial charge in [-0.25, -0.2) is 9.18 Å². The second-order valence-corrected chi connectivity index (χ2v) is 4.82. The van der Waals surface area contributed by atoms with Crippen molar-refractivity contribution in [1.82, 2.24) is 0 Å². The maximum atomic E-state index is 14.0. The number of rotatable bonds is 6. The third-order valence-electron chi connectivity index (χ3n) is 2.85. The Kier molecular flexibility index (Phi) is 6.49. The fraction of sp³-hybridized carbons (Fsp3) is 0.400. The number of nitrogens with two attached hydrogens (primary N) is 1. The summed E-state index contributed by atoms with van der Waals surface area (Å²) in [5, 5.41) is 14.8. The molecule has 6 nitrogen and oxygen atoms in total. The van der Waals surface area contributed by atoms with Crippen molar-refractivity contribution in [3.63, 3.8) is 0 Å². The van der Waals surface area contributed by atoms with Gasteiger partial charge in [0.05, 0.1) is 6.42 Å². The van der Waals surface area contributed by atoms with Gasteiger partial charge < -0.3 is 15.2 Å². The third kappa shape index (κ3) is 5.51. The van der Waals surface area contributed by atoms with E-state index < -0.39 is 18.0 Å². The van der Waals surface area contributed by atoms with Crippen LogP contribution in [0.1, 0.15) is 43.9 Å². The molecule has 1 aromatic carbocycles. The van der Waals surface area contributed by atoms with Gasteiger partial charge in [-0.15, -0.1) is 0 Å². The van der Waals surface area contributed by atoms with Crippen molar-refractivity contribution in [1.29, 1.82) is 10.8 Å². The van der Waals surface area contributed by atoms with Gasteiger partial charge in [0.2, 0.25) is 0 Å². The summed E-state index contributed by atoms with van der Waals surface area (Å²) in [4.78, 5) is 11.0. The second-order valence-electron chi connectivity index (χ2n) is 4.82. The summed E-state index contributed by atoms with van der Waals surface area (Å²) in [7, 11) is 0. The summed E-state index contributed by atoms with van der Waals surface area (Å²) in [6.07, 6.45) is -0.695. The minimum Gasteiger partial charge on any atom is -0.441 e. The van der Waals surface area contributed by atoms with Crippen LogP contribution in [0.4, 0.5) is 9.18 Å². The van der Waals surface area contributed by atoms with Gasteiger partial charge in [0, 0.05) is 12.5 Å². The Hall–Kier alpha value is -2.44. The Morgan fingerprint density at radius 3 is 2.64 bits per heavy atom. The summed E-state index contributed by atoms with van der Waals surface area (Å²) in [5.41, 5.74) is 6.05. The number of nitrogens with one attached hydrogen (secondary N) is 2. The Labute approximate surface area is 128 Å². The molecule has 1 rings (SSSR count). The van der Waals surface area contributed by atoms with E-state index in [1.54, 1.807) is 12.1 Å². The molecule has 0 radical (unpaired) electrons. The summed E-state index contributed by atoms with van der Waals surface area (Å²) in [6.45, 7) is 3.36. The molecule has 0 spiro atoms. The molecule has 1 aromatic rings. The molecule has 1 amide bonds. The number of carbonyl (C=O) groups is 1. The normalized spacial score (nSPS) is 11.6. The van der Waals surface area contributed by atoms with Gasteiger partial charge in [0.15, 0.2) is 11.8 Å². The lowest BCUT2D eigenvalue weighted by molar-refractivity contribution is 0.106. The first-order chi connectivity index (χ1) is 10.3. The van der Waals surface area contributed by atoms with E-state index in [2.05, 4.69) is 0 Å². The first-order valence-electron chi connectivity index (χ1n) is 6.88.